The number of hydrogen-bond donors (Lipinski definition) is 1. The molecule has 12 heavy (non-hydrogen) atoms. The number of carboxylic acids is 1. The highest BCUT2D eigenvalue weighted by Gasteiger charge is 2.00. The molecule has 1 N–H and O–H groups in total. The second-order valence-electron chi connectivity index (χ2n) is 2.40. The molecule has 0 aromatic carbocycles. The highest BCUT2D eigenvalue weighted by Crippen LogP contribution is 1.92. The Hall–Kier alpha value is -1.45. The van der Waals surface area contributed by atoms with E-state index in [0.717, 1.165) is 0 Å². The maximum absolute atomic E-state index is 10.3. The summed E-state index contributed by atoms with van der Waals surface area (Å²) in [6, 6.07) is 0. The molecule has 0 saturated carbocycles. The third kappa shape index (κ3) is 4.38. The zero-order valence-corrected chi connectivity index (χ0v) is 7.46. The third-order valence-corrected chi connectivity index (χ3v) is 0.992. The quantitative estimate of drug-likeness (QED) is 0.501. The lowest BCUT2D eigenvalue weighted by atomic mass is 10.4. The molecule has 0 aliphatic heterocycles. The Morgan fingerprint density at radius 2 is 1.75 bits per heavy atom. The number of amidine groups is 1. The number of rotatable bonds is 2. The van der Waals surface area contributed by atoms with E-state index in [1.807, 2.05) is 0 Å². The molecular weight excluding hydrogens is 156 g/mol. The normalized spacial score (nSPS) is 12.9. The molecule has 66 valence electrons. The Morgan fingerprint density at radius 3 is 2.08 bits per heavy atom. The average Bonchev–Trinajstić information content (AvgIpc) is 1.84. The van der Waals surface area contributed by atoms with Gasteiger partial charge >= 0.3 is 5.97 Å². The van der Waals surface area contributed by atoms with Gasteiger partial charge in [0.1, 0.15) is 11.5 Å². The van der Waals surface area contributed by atoms with Gasteiger partial charge in [-0.25, -0.2) is 14.8 Å². The lowest BCUT2D eigenvalue weighted by Gasteiger charge is -1.93. The first kappa shape index (κ1) is 10.6. The molecule has 4 nitrogen and oxygen atoms in total. The number of hydrogen-bond acceptors (Lipinski definition) is 2. The minimum Gasteiger partial charge on any atom is -0.477 e. The molecule has 0 spiro atoms. The van der Waals surface area contributed by atoms with Gasteiger partial charge in [-0.3, -0.25) is 0 Å². The molecule has 0 aliphatic carbocycles. The maximum atomic E-state index is 10.3. The minimum absolute atomic E-state index is 0.0255. The summed E-state index contributed by atoms with van der Waals surface area (Å²) in [5.41, 5.74) is 0.631. The molecule has 0 amide bonds. The van der Waals surface area contributed by atoms with Crippen LogP contribution in [0.2, 0.25) is 0 Å². The molecule has 4 heteroatoms. The van der Waals surface area contributed by atoms with Crippen molar-refractivity contribution in [1.82, 2.24) is 0 Å². The number of nitrogens with zero attached hydrogens (tertiary/aromatic N) is 2. The van der Waals surface area contributed by atoms with Crippen molar-refractivity contribution in [2.45, 2.75) is 20.8 Å². The van der Waals surface area contributed by atoms with Gasteiger partial charge in [0.2, 0.25) is 0 Å². The topological polar surface area (TPSA) is 62.0 Å². The summed E-state index contributed by atoms with van der Waals surface area (Å²) in [5.74, 6) is -0.631. The monoisotopic (exact) mass is 168 g/mol. The van der Waals surface area contributed by atoms with Gasteiger partial charge in [-0.05, 0) is 20.8 Å². The van der Waals surface area contributed by atoms with Crippen molar-refractivity contribution in [2.75, 3.05) is 0 Å². The van der Waals surface area contributed by atoms with Crippen LogP contribution in [0.5, 0.6) is 0 Å². The third-order valence-electron chi connectivity index (χ3n) is 0.992. The van der Waals surface area contributed by atoms with Gasteiger partial charge < -0.3 is 5.11 Å². The molecule has 0 atom stereocenters. The van der Waals surface area contributed by atoms with Gasteiger partial charge in [-0.15, -0.1) is 0 Å². The van der Waals surface area contributed by atoms with Gasteiger partial charge in [0, 0.05) is 5.70 Å². The van der Waals surface area contributed by atoms with E-state index in [1.54, 1.807) is 13.8 Å². The van der Waals surface area contributed by atoms with E-state index in [1.165, 1.54) is 6.92 Å². The zero-order valence-electron chi connectivity index (χ0n) is 7.46. The van der Waals surface area contributed by atoms with Crippen molar-refractivity contribution in [3.63, 3.8) is 0 Å². The van der Waals surface area contributed by atoms with Crippen molar-refractivity contribution in [1.29, 1.82) is 0 Å². The van der Waals surface area contributed by atoms with Crippen LogP contribution < -0.4 is 0 Å². The lowest BCUT2D eigenvalue weighted by Crippen LogP contribution is -2.09. The molecule has 0 radical (unpaired) electrons. The fourth-order valence-corrected chi connectivity index (χ4v) is 0.592. The van der Waals surface area contributed by atoms with Crippen LogP contribution in [-0.2, 0) is 4.79 Å². The molecule has 0 saturated heterocycles. The Morgan fingerprint density at radius 1 is 1.25 bits per heavy atom. The molecule has 0 aliphatic rings. The van der Waals surface area contributed by atoms with Gasteiger partial charge in [0.25, 0.3) is 0 Å². The average molecular weight is 168 g/mol. The summed E-state index contributed by atoms with van der Waals surface area (Å²) < 4.78 is 0. The van der Waals surface area contributed by atoms with E-state index in [9.17, 15) is 4.79 Å². The summed E-state index contributed by atoms with van der Waals surface area (Å²) >= 11 is 0. The number of carboxylic acid groups (broad SMARTS) is 1. The van der Waals surface area contributed by atoms with E-state index < -0.39 is 5.97 Å². The number of allylic oxidation sites excluding steroid dienone is 1. The van der Waals surface area contributed by atoms with Crippen LogP contribution in [0.15, 0.2) is 22.3 Å². The van der Waals surface area contributed by atoms with Crippen LogP contribution >= 0.6 is 0 Å². The van der Waals surface area contributed by atoms with Crippen LogP contribution in [0.4, 0.5) is 0 Å². The second kappa shape index (κ2) is 4.43. The largest absolute Gasteiger partial charge is 0.477 e. The first-order valence-electron chi connectivity index (χ1n) is 3.43. The molecule has 0 bridgehead atoms. The van der Waals surface area contributed by atoms with Crippen molar-refractivity contribution in [3.05, 3.63) is 12.3 Å². The molecular formula is C8H12N2O2. The fraction of sp³-hybridized carbons (Fsp3) is 0.375. The van der Waals surface area contributed by atoms with Crippen LogP contribution in [0.3, 0.4) is 0 Å². The Bertz CT molecular complexity index is 264. The Kier molecular flexibility index (Phi) is 3.90. The van der Waals surface area contributed by atoms with Crippen molar-refractivity contribution in [2.24, 2.45) is 9.98 Å². The molecule has 0 aromatic rings. The molecule has 0 unspecified atom stereocenters. The second-order valence-corrected chi connectivity index (χ2v) is 2.40. The predicted octanol–water partition coefficient (Wildman–Crippen LogP) is 1.48. The van der Waals surface area contributed by atoms with Crippen molar-refractivity contribution < 1.29 is 9.90 Å². The van der Waals surface area contributed by atoms with Crippen LogP contribution in [0, 0.1) is 0 Å². The standard InChI is InChI=1S/C8H12N2O2/c1-5(2)9-7(4)10-6(3)8(11)12/h1H2,2-4H3,(H,11,12)/b9-7-,10-6+. The lowest BCUT2D eigenvalue weighted by molar-refractivity contribution is -0.129. The SMILES string of the molecule is C=C(C)/N=C(C)\N=C(/C)C(=O)O. The van der Waals surface area contributed by atoms with E-state index in [0.29, 0.717) is 11.5 Å². The summed E-state index contributed by atoms with van der Waals surface area (Å²) in [5, 5.41) is 8.46. The minimum atomic E-state index is -1.04. The van der Waals surface area contributed by atoms with Crippen LogP contribution in [0.1, 0.15) is 20.8 Å². The summed E-state index contributed by atoms with van der Waals surface area (Å²) in [6.45, 7) is 8.30. The first-order valence-corrected chi connectivity index (χ1v) is 3.43. The van der Waals surface area contributed by atoms with E-state index >= 15 is 0 Å². The zero-order chi connectivity index (χ0) is 9.72. The summed E-state index contributed by atoms with van der Waals surface area (Å²) in [6.07, 6.45) is 0. The van der Waals surface area contributed by atoms with Crippen molar-refractivity contribution in [3.8, 4) is 0 Å². The molecule has 0 rings (SSSR count). The number of carbonyl (C=O) groups is 1. The van der Waals surface area contributed by atoms with Gasteiger partial charge in [-0.1, -0.05) is 6.58 Å². The Labute approximate surface area is 71.4 Å². The van der Waals surface area contributed by atoms with Crippen LogP contribution in [-0.4, -0.2) is 22.6 Å². The number of aliphatic carboxylic acids is 1. The predicted molar refractivity (Wildman–Crippen MR) is 48.7 cm³/mol. The van der Waals surface area contributed by atoms with E-state index in [4.69, 9.17) is 5.11 Å². The smallest absolute Gasteiger partial charge is 0.349 e. The molecule has 0 aromatic heterocycles. The van der Waals surface area contributed by atoms with Gasteiger partial charge in [0.15, 0.2) is 0 Å². The van der Waals surface area contributed by atoms with E-state index in [2.05, 4.69) is 16.6 Å². The molecule has 0 heterocycles. The van der Waals surface area contributed by atoms with Crippen molar-refractivity contribution >= 4 is 17.5 Å². The van der Waals surface area contributed by atoms with Crippen LogP contribution in [0.25, 0.3) is 0 Å². The highest BCUT2D eigenvalue weighted by atomic mass is 16.4. The Balaban J connectivity index is 4.54. The fourth-order valence-electron chi connectivity index (χ4n) is 0.592. The van der Waals surface area contributed by atoms with Gasteiger partial charge in [-0.2, -0.15) is 0 Å². The van der Waals surface area contributed by atoms with E-state index in [-0.39, 0.29) is 5.71 Å². The summed E-state index contributed by atoms with van der Waals surface area (Å²) in [7, 11) is 0. The highest BCUT2D eigenvalue weighted by molar-refractivity contribution is 6.36. The summed E-state index contributed by atoms with van der Waals surface area (Å²) in [4.78, 5) is 17.9. The molecule has 0 fully saturated rings. The maximum Gasteiger partial charge on any atom is 0.349 e. The van der Waals surface area contributed by atoms with Gasteiger partial charge in [0.05, 0.1) is 0 Å². The number of aliphatic imine (C=N–C) groups is 2. The first-order chi connectivity index (χ1) is 5.43.